The number of aryl methyl sites for hydroxylation is 1. The average molecular weight is 496 g/mol. The van der Waals surface area contributed by atoms with Gasteiger partial charge in [0.15, 0.2) is 11.0 Å². The number of benzene rings is 2. The molecule has 2 heterocycles. The van der Waals surface area contributed by atoms with Gasteiger partial charge in [-0.05, 0) is 50.2 Å². The van der Waals surface area contributed by atoms with Gasteiger partial charge in [-0.1, -0.05) is 29.5 Å². The minimum atomic E-state index is -0.328. The Bertz CT molecular complexity index is 1160. The fraction of sp³-hybridized carbons (Fsp3) is 0.360. The molecule has 0 unspecified atom stereocenters. The lowest BCUT2D eigenvalue weighted by Gasteiger charge is -2.34. The molecule has 0 radical (unpaired) electrons. The SMILES string of the molecule is CCOC(=O)N1CCN(C(=O)CSc2nnc(-c3ccc(OC)cc3)n2-c2ccc(C)cc2)CC1. The van der Waals surface area contributed by atoms with Crippen molar-refractivity contribution in [2.24, 2.45) is 0 Å². The summed E-state index contributed by atoms with van der Waals surface area (Å²) in [6.45, 7) is 6.07. The van der Waals surface area contributed by atoms with E-state index in [0.29, 0.717) is 43.8 Å². The quantitative estimate of drug-likeness (QED) is 0.462. The van der Waals surface area contributed by atoms with Crippen LogP contribution in [0.4, 0.5) is 4.79 Å². The molecule has 0 atom stereocenters. The molecule has 0 aliphatic carbocycles. The molecule has 35 heavy (non-hydrogen) atoms. The van der Waals surface area contributed by atoms with Gasteiger partial charge in [0.2, 0.25) is 5.91 Å². The Hall–Kier alpha value is -3.53. The van der Waals surface area contributed by atoms with Gasteiger partial charge in [0.25, 0.3) is 0 Å². The van der Waals surface area contributed by atoms with Crippen molar-refractivity contribution in [2.45, 2.75) is 19.0 Å². The Labute approximate surface area is 209 Å². The number of aromatic nitrogens is 3. The number of hydrogen-bond donors (Lipinski definition) is 0. The number of hydrogen-bond acceptors (Lipinski definition) is 7. The summed E-state index contributed by atoms with van der Waals surface area (Å²) in [7, 11) is 1.63. The molecule has 10 heteroatoms. The number of carbonyl (C=O) groups is 2. The Morgan fingerprint density at radius 3 is 2.23 bits per heavy atom. The highest BCUT2D eigenvalue weighted by Crippen LogP contribution is 2.29. The van der Waals surface area contributed by atoms with Gasteiger partial charge in [0.1, 0.15) is 5.75 Å². The lowest BCUT2D eigenvalue weighted by Crippen LogP contribution is -2.51. The first-order chi connectivity index (χ1) is 17.0. The molecule has 0 saturated carbocycles. The third-order valence-corrected chi connectivity index (χ3v) is 6.67. The van der Waals surface area contributed by atoms with Crippen LogP contribution in [0.2, 0.25) is 0 Å². The minimum absolute atomic E-state index is 0.00274. The van der Waals surface area contributed by atoms with Crippen LogP contribution < -0.4 is 4.74 Å². The van der Waals surface area contributed by atoms with Crippen LogP contribution in [-0.2, 0) is 9.53 Å². The standard InChI is InChI=1S/C25H29N5O4S/c1-4-34-25(32)29-15-13-28(14-16-29)22(31)17-35-24-27-26-23(19-7-11-21(33-3)12-8-19)30(24)20-9-5-18(2)6-10-20/h5-12H,4,13-17H2,1-3H3. The Morgan fingerprint density at radius 1 is 0.943 bits per heavy atom. The summed E-state index contributed by atoms with van der Waals surface area (Å²) >= 11 is 1.35. The van der Waals surface area contributed by atoms with E-state index in [9.17, 15) is 9.59 Å². The maximum absolute atomic E-state index is 12.9. The largest absolute Gasteiger partial charge is 0.497 e. The topological polar surface area (TPSA) is 89.8 Å². The molecular weight excluding hydrogens is 466 g/mol. The van der Waals surface area contributed by atoms with Crippen LogP contribution in [0, 0.1) is 6.92 Å². The van der Waals surface area contributed by atoms with Crippen LogP contribution in [-0.4, -0.2) is 82.2 Å². The van der Waals surface area contributed by atoms with Crippen molar-refractivity contribution in [1.82, 2.24) is 24.6 Å². The Kier molecular flexibility index (Phi) is 7.91. The van der Waals surface area contributed by atoms with E-state index in [1.165, 1.54) is 11.8 Å². The monoisotopic (exact) mass is 495 g/mol. The highest BCUT2D eigenvalue weighted by molar-refractivity contribution is 7.99. The molecule has 1 aromatic heterocycles. The minimum Gasteiger partial charge on any atom is -0.497 e. The van der Waals surface area contributed by atoms with E-state index in [0.717, 1.165) is 22.6 Å². The van der Waals surface area contributed by atoms with Gasteiger partial charge in [0.05, 0.1) is 19.5 Å². The molecule has 0 spiro atoms. The van der Waals surface area contributed by atoms with Crippen LogP contribution in [0.3, 0.4) is 0 Å². The fourth-order valence-corrected chi connectivity index (χ4v) is 4.64. The molecule has 1 saturated heterocycles. The number of amides is 2. The molecule has 2 aromatic carbocycles. The van der Waals surface area contributed by atoms with Gasteiger partial charge < -0.3 is 19.3 Å². The molecule has 0 bridgehead atoms. The summed E-state index contributed by atoms with van der Waals surface area (Å²) in [5, 5.41) is 9.49. The van der Waals surface area contributed by atoms with Gasteiger partial charge in [-0.2, -0.15) is 0 Å². The van der Waals surface area contributed by atoms with E-state index in [1.54, 1.807) is 23.8 Å². The zero-order valence-electron chi connectivity index (χ0n) is 20.1. The van der Waals surface area contributed by atoms with Crippen LogP contribution in [0.25, 0.3) is 17.1 Å². The second-order valence-electron chi connectivity index (χ2n) is 8.06. The summed E-state index contributed by atoms with van der Waals surface area (Å²) in [6, 6.07) is 15.8. The number of nitrogens with zero attached hydrogens (tertiary/aromatic N) is 5. The highest BCUT2D eigenvalue weighted by Gasteiger charge is 2.25. The van der Waals surface area contributed by atoms with Gasteiger partial charge in [0, 0.05) is 37.4 Å². The molecule has 1 aliphatic heterocycles. The second kappa shape index (κ2) is 11.3. The van der Waals surface area contributed by atoms with E-state index < -0.39 is 0 Å². The summed E-state index contributed by atoms with van der Waals surface area (Å²) in [4.78, 5) is 28.2. The van der Waals surface area contributed by atoms with E-state index in [-0.39, 0.29) is 17.8 Å². The first kappa shape index (κ1) is 24.6. The lowest BCUT2D eigenvalue weighted by atomic mass is 10.2. The zero-order chi connectivity index (χ0) is 24.8. The van der Waals surface area contributed by atoms with E-state index in [1.807, 2.05) is 60.0 Å². The third-order valence-electron chi connectivity index (χ3n) is 5.76. The normalized spacial score (nSPS) is 13.6. The molecular formula is C25H29N5O4S. The van der Waals surface area contributed by atoms with Crippen molar-refractivity contribution < 1.29 is 19.1 Å². The number of rotatable bonds is 7. The Morgan fingerprint density at radius 2 is 1.60 bits per heavy atom. The molecule has 1 fully saturated rings. The number of thioether (sulfide) groups is 1. The van der Waals surface area contributed by atoms with E-state index >= 15 is 0 Å². The summed E-state index contributed by atoms with van der Waals surface area (Å²) < 4.78 is 12.3. The lowest BCUT2D eigenvalue weighted by molar-refractivity contribution is -0.129. The van der Waals surface area contributed by atoms with Crippen molar-refractivity contribution >= 4 is 23.8 Å². The van der Waals surface area contributed by atoms with E-state index in [2.05, 4.69) is 10.2 Å². The second-order valence-corrected chi connectivity index (χ2v) is 9.00. The van der Waals surface area contributed by atoms with E-state index in [4.69, 9.17) is 9.47 Å². The number of carbonyl (C=O) groups excluding carboxylic acids is 2. The van der Waals surface area contributed by atoms with Crippen LogP contribution in [0.5, 0.6) is 5.75 Å². The molecule has 3 aromatic rings. The molecule has 9 nitrogen and oxygen atoms in total. The van der Waals surface area contributed by atoms with Gasteiger partial charge in [-0.25, -0.2) is 4.79 Å². The highest BCUT2D eigenvalue weighted by atomic mass is 32.2. The van der Waals surface area contributed by atoms with Gasteiger partial charge in [-0.15, -0.1) is 10.2 Å². The number of piperazine rings is 1. The maximum Gasteiger partial charge on any atom is 0.409 e. The summed E-state index contributed by atoms with van der Waals surface area (Å²) in [6.07, 6.45) is -0.328. The predicted octanol–water partition coefficient (Wildman–Crippen LogP) is 3.64. The number of methoxy groups -OCH3 is 1. The van der Waals surface area contributed by atoms with Crippen molar-refractivity contribution in [2.75, 3.05) is 45.6 Å². The zero-order valence-corrected chi connectivity index (χ0v) is 21.0. The van der Waals surface area contributed by atoms with Crippen LogP contribution >= 0.6 is 11.8 Å². The third kappa shape index (κ3) is 5.76. The van der Waals surface area contributed by atoms with Crippen LogP contribution in [0.15, 0.2) is 53.7 Å². The molecule has 1 aliphatic rings. The predicted molar refractivity (Wildman–Crippen MR) is 134 cm³/mol. The van der Waals surface area contributed by atoms with Crippen molar-refractivity contribution in [3.05, 3.63) is 54.1 Å². The van der Waals surface area contributed by atoms with Gasteiger partial charge >= 0.3 is 6.09 Å². The molecule has 4 rings (SSSR count). The summed E-state index contributed by atoms with van der Waals surface area (Å²) in [5.74, 6) is 1.68. The molecule has 2 amide bonds. The van der Waals surface area contributed by atoms with Crippen LogP contribution in [0.1, 0.15) is 12.5 Å². The molecule has 0 N–H and O–H groups in total. The first-order valence-electron chi connectivity index (χ1n) is 11.5. The van der Waals surface area contributed by atoms with Crippen molar-refractivity contribution in [3.63, 3.8) is 0 Å². The maximum atomic E-state index is 12.9. The Balaban J connectivity index is 1.49. The van der Waals surface area contributed by atoms with Crippen molar-refractivity contribution in [3.8, 4) is 22.8 Å². The van der Waals surface area contributed by atoms with Crippen molar-refractivity contribution in [1.29, 1.82) is 0 Å². The first-order valence-corrected chi connectivity index (χ1v) is 12.5. The average Bonchev–Trinajstić information content (AvgIpc) is 3.32. The fourth-order valence-electron chi connectivity index (χ4n) is 3.79. The smallest absolute Gasteiger partial charge is 0.409 e. The summed E-state index contributed by atoms with van der Waals surface area (Å²) in [5.41, 5.74) is 2.97. The molecule has 184 valence electrons. The number of ether oxygens (including phenoxy) is 2. The van der Waals surface area contributed by atoms with Gasteiger partial charge in [-0.3, -0.25) is 9.36 Å².